The maximum atomic E-state index is 11.8. The number of thioether (sulfide) groups is 1. The molecule has 0 saturated heterocycles. The zero-order valence-corrected chi connectivity index (χ0v) is 13.1. The molecular formula is C17H20N2OS. The van der Waals surface area contributed by atoms with Gasteiger partial charge >= 0.3 is 0 Å². The van der Waals surface area contributed by atoms with E-state index < -0.39 is 0 Å². The van der Waals surface area contributed by atoms with Crippen LogP contribution in [-0.2, 0) is 5.75 Å². The molecule has 1 heterocycles. The summed E-state index contributed by atoms with van der Waals surface area (Å²) in [6, 6.07) is 10.1. The minimum absolute atomic E-state index is 0.0215. The number of H-pyrrole nitrogens is 1. The van der Waals surface area contributed by atoms with Crippen LogP contribution in [-0.4, -0.2) is 9.97 Å². The predicted molar refractivity (Wildman–Crippen MR) is 86.8 cm³/mol. The van der Waals surface area contributed by atoms with E-state index >= 15 is 0 Å². The van der Waals surface area contributed by atoms with E-state index in [0.29, 0.717) is 11.7 Å². The predicted octanol–water partition coefficient (Wildman–Crippen LogP) is 4.03. The molecule has 1 aromatic heterocycles. The number of hydrogen-bond acceptors (Lipinski definition) is 3. The minimum atomic E-state index is -0.0215. The molecule has 0 atom stereocenters. The maximum absolute atomic E-state index is 11.8. The molecule has 1 aromatic carbocycles. The van der Waals surface area contributed by atoms with Crippen LogP contribution in [0.2, 0.25) is 0 Å². The molecule has 110 valence electrons. The molecule has 3 rings (SSSR count). The van der Waals surface area contributed by atoms with Crippen molar-refractivity contribution in [1.29, 1.82) is 0 Å². The Balaban J connectivity index is 1.74. The molecule has 2 aromatic rings. The third-order valence-electron chi connectivity index (χ3n) is 3.95. The molecule has 0 amide bonds. The average molecular weight is 300 g/mol. The smallest absolute Gasteiger partial charge is 0.251 e. The Bertz CT molecular complexity index is 674. The maximum Gasteiger partial charge on any atom is 0.251 e. The first-order valence-corrected chi connectivity index (χ1v) is 8.49. The SMILES string of the molecule is Cc1cccc(SCc2nc(C3CCCC3)cc(=O)[nH]2)c1. The van der Waals surface area contributed by atoms with Crippen LogP contribution < -0.4 is 5.56 Å². The van der Waals surface area contributed by atoms with Gasteiger partial charge in [-0.1, -0.05) is 30.5 Å². The van der Waals surface area contributed by atoms with Gasteiger partial charge in [0.25, 0.3) is 5.56 Å². The molecule has 0 unspecified atom stereocenters. The molecule has 0 spiro atoms. The Kier molecular flexibility index (Phi) is 4.44. The molecule has 4 heteroatoms. The fraction of sp³-hybridized carbons (Fsp3) is 0.412. The Morgan fingerprint density at radius 1 is 1.29 bits per heavy atom. The minimum Gasteiger partial charge on any atom is -0.310 e. The van der Waals surface area contributed by atoms with Crippen molar-refractivity contribution >= 4 is 11.8 Å². The molecule has 0 aliphatic heterocycles. The van der Waals surface area contributed by atoms with Crippen molar-refractivity contribution in [3.8, 4) is 0 Å². The van der Waals surface area contributed by atoms with Gasteiger partial charge in [-0.25, -0.2) is 4.98 Å². The van der Waals surface area contributed by atoms with Gasteiger partial charge in [0, 0.05) is 16.9 Å². The standard InChI is InChI=1S/C17H20N2OS/c1-12-5-4-8-14(9-12)21-11-16-18-15(10-17(20)19-16)13-6-2-3-7-13/h4-5,8-10,13H,2-3,6-7,11H2,1H3,(H,18,19,20). The lowest BCUT2D eigenvalue weighted by atomic mass is 10.0. The zero-order valence-electron chi connectivity index (χ0n) is 12.3. The van der Waals surface area contributed by atoms with E-state index in [2.05, 4.69) is 41.2 Å². The van der Waals surface area contributed by atoms with Gasteiger partial charge in [0.1, 0.15) is 5.82 Å². The topological polar surface area (TPSA) is 45.8 Å². The Morgan fingerprint density at radius 3 is 2.86 bits per heavy atom. The van der Waals surface area contributed by atoms with Crippen molar-refractivity contribution in [3.63, 3.8) is 0 Å². The van der Waals surface area contributed by atoms with Crippen LogP contribution in [0.25, 0.3) is 0 Å². The number of rotatable bonds is 4. The highest BCUT2D eigenvalue weighted by atomic mass is 32.2. The van der Waals surface area contributed by atoms with Crippen LogP contribution in [0, 0.1) is 6.92 Å². The third-order valence-corrected chi connectivity index (χ3v) is 4.95. The summed E-state index contributed by atoms with van der Waals surface area (Å²) < 4.78 is 0. The van der Waals surface area contributed by atoms with Crippen LogP contribution in [0.5, 0.6) is 0 Å². The first-order valence-electron chi connectivity index (χ1n) is 7.50. The molecule has 21 heavy (non-hydrogen) atoms. The number of nitrogens with one attached hydrogen (secondary N) is 1. The molecule has 1 aliphatic rings. The first-order chi connectivity index (χ1) is 10.2. The Hall–Kier alpha value is -1.55. The third kappa shape index (κ3) is 3.76. The number of aromatic amines is 1. The van der Waals surface area contributed by atoms with E-state index in [1.54, 1.807) is 17.8 Å². The van der Waals surface area contributed by atoms with E-state index in [4.69, 9.17) is 0 Å². The number of benzene rings is 1. The summed E-state index contributed by atoms with van der Waals surface area (Å²) in [5.41, 5.74) is 2.21. The number of aromatic nitrogens is 2. The Morgan fingerprint density at radius 2 is 2.10 bits per heavy atom. The van der Waals surface area contributed by atoms with Crippen molar-refractivity contribution in [2.75, 3.05) is 0 Å². The van der Waals surface area contributed by atoms with Gasteiger partial charge in [-0.2, -0.15) is 0 Å². The van der Waals surface area contributed by atoms with Gasteiger partial charge in [0.15, 0.2) is 0 Å². The zero-order chi connectivity index (χ0) is 14.7. The summed E-state index contributed by atoms with van der Waals surface area (Å²) in [5, 5.41) is 0. The van der Waals surface area contributed by atoms with Crippen LogP contribution in [0.15, 0.2) is 40.0 Å². The van der Waals surface area contributed by atoms with Gasteiger partial charge in [-0.05, 0) is 31.9 Å². The molecule has 0 radical (unpaired) electrons. The van der Waals surface area contributed by atoms with Gasteiger partial charge in [-0.3, -0.25) is 4.79 Å². The second kappa shape index (κ2) is 6.48. The highest BCUT2D eigenvalue weighted by molar-refractivity contribution is 7.98. The summed E-state index contributed by atoms with van der Waals surface area (Å²) in [6.45, 7) is 2.09. The second-order valence-electron chi connectivity index (χ2n) is 5.70. The van der Waals surface area contributed by atoms with Crippen LogP contribution >= 0.6 is 11.8 Å². The molecular weight excluding hydrogens is 280 g/mol. The second-order valence-corrected chi connectivity index (χ2v) is 6.75. The lowest BCUT2D eigenvalue weighted by molar-refractivity contribution is 0.685. The molecule has 1 aliphatic carbocycles. The molecule has 1 saturated carbocycles. The molecule has 0 bridgehead atoms. The largest absolute Gasteiger partial charge is 0.310 e. The quantitative estimate of drug-likeness (QED) is 0.867. The van der Waals surface area contributed by atoms with Crippen LogP contribution in [0.3, 0.4) is 0 Å². The fourth-order valence-corrected chi connectivity index (χ4v) is 3.77. The van der Waals surface area contributed by atoms with E-state index in [0.717, 1.165) is 11.5 Å². The molecule has 1 fully saturated rings. The number of hydrogen-bond donors (Lipinski definition) is 1. The van der Waals surface area contributed by atoms with Crippen molar-refractivity contribution in [1.82, 2.24) is 9.97 Å². The summed E-state index contributed by atoms with van der Waals surface area (Å²) in [7, 11) is 0. The van der Waals surface area contributed by atoms with Gasteiger partial charge in [0.2, 0.25) is 0 Å². The van der Waals surface area contributed by atoms with E-state index in [-0.39, 0.29) is 5.56 Å². The lowest BCUT2D eigenvalue weighted by Crippen LogP contribution is -2.13. The van der Waals surface area contributed by atoms with Gasteiger partial charge in [0.05, 0.1) is 11.4 Å². The monoisotopic (exact) mass is 300 g/mol. The van der Waals surface area contributed by atoms with Crippen molar-refractivity contribution < 1.29 is 0 Å². The van der Waals surface area contributed by atoms with Crippen LogP contribution in [0.1, 0.15) is 48.7 Å². The van der Waals surface area contributed by atoms with E-state index in [1.165, 1.54) is 36.1 Å². The highest BCUT2D eigenvalue weighted by Crippen LogP contribution is 2.32. The van der Waals surface area contributed by atoms with Gasteiger partial charge in [-0.15, -0.1) is 11.8 Å². The highest BCUT2D eigenvalue weighted by Gasteiger charge is 2.19. The normalized spacial score (nSPS) is 15.5. The van der Waals surface area contributed by atoms with E-state index in [1.807, 2.05) is 0 Å². The summed E-state index contributed by atoms with van der Waals surface area (Å²) in [6.07, 6.45) is 4.85. The van der Waals surface area contributed by atoms with E-state index in [9.17, 15) is 4.79 Å². The molecule has 3 nitrogen and oxygen atoms in total. The fourth-order valence-electron chi connectivity index (χ4n) is 2.88. The first kappa shape index (κ1) is 14.4. The van der Waals surface area contributed by atoms with Crippen molar-refractivity contribution in [2.24, 2.45) is 0 Å². The Labute approximate surface area is 129 Å². The number of nitrogens with zero attached hydrogens (tertiary/aromatic N) is 1. The van der Waals surface area contributed by atoms with Crippen molar-refractivity contribution in [3.05, 3.63) is 57.8 Å². The van der Waals surface area contributed by atoms with Crippen LogP contribution in [0.4, 0.5) is 0 Å². The summed E-state index contributed by atoms with van der Waals surface area (Å²) >= 11 is 1.71. The summed E-state index contributed by atoms with van der Waals surface area (Å²) in [5.74, 6) is 1.98. The van der Waals surface area contributed by atoms with Crippen molar-refractivity contribution in [2.45, 2.75) is 49.2 Å². The lowest BCUT2D eigenvalue weighted by Gasteiger charge is -2.09. The van der Waals surface area contributed by atoms with Gasteiger partial charge < -0.3 is 4.98 Å². The number of aryl methyl sites for hydroxylation is 1. The average Bonchev–Trinajstić information content (AvgIpc) is 2.99. The molecule has 1 N–H and O–H groups in total. The summed E-state index contributed by atoms with van der Waals surface area (Å²) in [4.78, 5) is 20.6.